The molecule has 110 valence electrons. The summed E-state index contributed by atoms with van der Waals surface area (Å²) in [5.74, 6) is 1.01. The van der Waals surface area contributed by atoms with Crippen molar-refractivity contribution in [3.8, 4) is 0 Å². The molecule has 0 bridgehead atoms. The standard InChI is InChI=1S/C15H19Cl2NO2/c1-2-10-3-6-14(17)12(7-10)8-11-4-5-13(16)9-15(11)18(19)20/h4-5,9-10,12,14H,2-3,6-8H2,1H3. The predicted molar refractivity (Wildman–Crippen MR) is 82.6 cm³/mol. The lowest BCUT2D eigenvalue weighted by atomic mass is 9.77. The number of alkyl halides is 1. The topological polar surface area (TPSA) is 43.1 Å². The van der Waals surface area contributed by atoms with Gasteiger partial charge in [-0.3, -0.25) is 10.1 Å². The van der Waals surface area contributed by atoms with Gasteiger partial charge >= 0.3 is 0 Å². The SMILES string of the molecule is CCC1CCC(Cl)C(Cc2ccc(Cl)cc2[N+](=O)[O-])C1. The Bertz CT molecular complexity index is 493. The zero-order valence-corrected chi connectivity index (χ0v) is 13.0. The van der Waals surface area contributed by atoms with Crippen LogP contribution in [0.25, 0.3) is 0 Å². The van der Waals surface area contributed by atoms with Crippen molar-refractivity contribution in [3.05, 3.63) is 38.9 Å². The maximum atomic E-state index is 11.1. The second kappa shape index (κ2) is 6.77. The minimum absolute atomic E-state index is 0.111. The molecule has 1 aliphatic carbocycles. The first-order valence-corrected chi connectivity index (χ1v) is 7.89. The molecule has 20 heavy (non-hydrogen) atoms. The lowest BCUT2D eigenvalue weighted by molar-refractivity contribution is -0.385. The van der Waals surface area contributed by atoms with E-state index in [-0.39, 0.29) is 16.0 Å². The van der Waals surface area contributed by atoms with Crippen molar-refractivity contribution in [2.24, 2.45) is 11.8 Å². The molecule has 1 fully saturated rings. The molecule has 3 nitrogen and oxygen atoms in total. The van der Waals surface area contributed by atoms with Crippen LogP contribution >= 0.6 is 23.2 Å². The van der Waals surface area contributed by atoms with Crippen LogP contribution in [0.4, 0.5) is 5.69 Å². The molecule has 3 unspecified atom stereocenters. The van der Waals surface area contributed by atoms with E-state index in [4.69, 9.17) is 23.2 Å². The van der Waals surface area contributed by atoms with Gasteiger partial charge < -0.3 is 0 Å². The molecule has 0 amide bonds. The molecule has 1 aromatic rings. The summed E-state index contributed by atoms with van der Waals surface area (Å²) in [5, 5.41) is 11.7. The molecule has 0 spiro atoms. The van der Waals surface area contributed by atoms with Crippen molar-refractivity contribution >= 4 is 28.9 Å². The smallest absolute Gasteiger partial charge is 0.258 e. The normalized spacial score (nSPS) is 26.4. The van der Waals surface area contributed by atoms with E-state index in [0.717, 1.165) is 24.8 Å². The Morgan fingerprint density at radius 2 is 2.15 bits per heavy atom. The monoisotopic (exact) mass is 315 g/mol. The maximum absolute atomic E-state index is 11.1. The van der Waals surface area contributed by atoms with Crippen LogP contribution < -0.4 is 0 Å². The Hall–Kier alpha value is -0.800. The van der Waals surface area contributed by atoms with Gasteiger partial charge in [-0.1, -0.05) is 31.0 Å². The second-order valence-corrected chi connectivity index (χ2v) is 6.59. The first-order chi connectivity index (χ1) is 9.51. The molecule has 0 aromatic heterocycles. The van der Waals surface area contributed by atoms with Gasteiger partial charge in [-0.25, -0.2) is 0 Å². The second-order valence-electron chi connectivity index (χ2n) is 5.60. The van der Waals surface area contributed by atoms with Gasteiger partial charge in [-0.05, 0) is 43.6 Å². The third-order valence-corrected chi connectivity index (χ3v) is 5.11. The summed E-state index contributed by atoms with van der Waals surface area (Å²) in [6.45, 7) is 2.20. The van der Waals surface area contributed by atoms with Crippen molar-refractivity contribution in [1.29, 1.82) is 0 Å². The predicted octanol–water partition coefficient (Wildman–Crippen LogP) is 5.22. The molecule has 5 heteroatoms. The first kappa shape index (κ1) is 15.6. The Labute approximate surface area is 129 Å². The van der Waals surface area contributed by atoms with Crippen LogP contribution in [-0.4, -0.2) is 10.3 Å². The minimum atomic E-state index is -0.357. The molecule has 0 aliphatic heterocycles. The molecule has 0 saturated heterocycles. The zero-order chi connectivity index (χ0) is 14.7. The Morgan fingerprint density at radius 3 is 2.80 bits per heavy atom. The minimum Gasteiger partial charge on any atom is -0.258 e. The number of nitro benzene ring substituents is 1. The Kier molecular flexibility index (Phi) is 5.28. The van der Waals surface area contributed by atoms with E-state index >= 15 is 0 Å². The van der Waals surface area contributed by atoms with Gasteiger partial charge in [-0.2, -0.15) is 0 Å². The summed E-state index contributed by atoms with van der Waals surface area (Å²) >= 11 is 12.3. The molecular weight excluding hydrogens is 297 g/mol. The third kappa shape index (κ3) is 3.64. The van der Waals surface area contributed by atoms with Gasteiger partial charge in [-0.15, -0.1) is 11.6 Å². The van der Waals surface area contributed by atoms with Crippen molar-refractivity contribution < 1.29 is 4.92 Å². The molecule has 3 atom stereocenters. The van der Waals surface area contributed by atoms with Crippen molar-refractivity contribution in [2.75, 3.05) is 0 Å². The van der Waals surface area contributed by atoms with Crippen LogP contribution in [0, 0.1) is 22.0 Å². The number of nitrogens with zero attached hydrogens (tertiary/aromatic N) is 1. The van der Waals surface area contributed by atoms with E-state index in [9.17, 15) is 10.1 Å². The van der Waals surface area contributed by atoms with Crippen LogP contribution in [0.3, 0.4) is 0 Å². The van der Waals surface area contributed by atoms with Crippen molar-refractivity contribution in [2.45, 2.75) is 44.4 Å². The average molecular weight is 316 g/mol. The van der Waals surface area contributed by atoms with E-state index < -0.39 is 0 Å². The third-order valence-electron chi connectivity index (χ3n) is 4.30. The highest BCUT2D eigenvalue weighted by atomic mass is 35.5. The van der Waals surface area contributed by atoms with E-state index in [0.29, 0.717) is 23.3 Å². The van der Waals surface area contributed by atoms with Crippen LogP contribution in [0.2, 0.25) is 5.02 Å². The lowest BCUT2D eigenvalue weighted by Crippen LogP contribution is -2.27. The summed E-state index contributed by atoms with van der Waals surface area (Å²) < 4.78 is 0. The molecular formula is C15H19Cl2NO2. The summed E-state index contributed by atoms with van der Waals surface area (Å²) in [6.07, 6.45) is 5.06. The first-order valence-electron chi connectivity index (χ1n) is 7.08. The number of nitro groups is 1. The molecule has 1 saturated carbocycles. The van der Waals surface area contributed by atoms with E-state index in [2.05, 4.69) is 6.92 Å². The molecule has 0 heterocycles. The lowest BCUT2D eigenvalue weighted by Gasteiger charge is -2.32. The Morgan fingerprint density at radius 1 is 1.40 bits per heavy atom. The number of benzene rings is 1. The fourth-order valence-electron chi connectivity index (χ4n) is 3.07. The fourth-order valence-corrected chi connectivity index (χ4v) is 3.55. The molecule has 1 aromatic carbocycles. The van der Waals surface area contributed by atoms with E-state index in [1.165, 1.54) is 12.5 Å². The number of hydrogen-bond donors (Lipinski definition) is 0. The van der Waals surface area contributed by atoms with Crippen molar-refractivity contribution in [1.82, 2.24) is 0 Å². The molecule has 2 rings (SSSR count). The maximum Gasteiger partial charge on any atom is 0.274 e. The van der Waals surface area contributed by atoms with Gasteiger partial charge in [0.1, 0.15) is 0 Å². The summed E-state index contributed by atoms with van der Waals surface area (Å²) in [7, 11) is 0. The largest absolute Gasteiger partial charge is 0.274 e. The summed E-state index contributed by atoms with van der Waals surface area (Å²) in [4.78, 5) is 10.8. The number of halogens is 2. The van der Waals surface area contributed by atoms with Gasteiger partial charge in [0.2, 0.25) is 0 Å². The van der Waals surface area contributed by atoms with Crippen LogP contribution in [0.15, 0.2) is 18.2 Å². The quantitative estimate of drug-likeness (QED) is 0.434. The van der Waals surface area contributed by atoms with Gasteiger partial charge in [0.25, 0.3) is 5.69 Å². The summed E-state index contributed by atoms with van der Waals surface area (Å²) in [6, 6.07) is 4.91. The molecule has 1 aliphatic rings. The highest BCUT2D eigenvalue weighted by Crippen LogP contribution is 2.37. The number of rotatable bonds is 4. The van der Waals surface area contributed by atoms with Crippen molar-refractivity contribution in [3.63, 3.8) is 0 Å². The van der Waals surface area contributed by atoms with Crippen LogP contribution in [0.5, 0.6) is 0 Å². The fraction of sp³-hybridized carbons (Fsp3) is 0.600. The van der Waals surface area contributed by atoms with Gasteiger partial charge in [0.15, 0.2) is 0 Å². The van der Waals surface area contributed by atoms with E-state index in [1.54, 1.807) is 12.1 Å². The zero-order valence-electron chi connectivity index (χ0n) is 11.5. The molecule has 0 N–H and O–H groups in total. The Balaban J connectivity index is 2.18. The summed E-state index contributed by atoms with van der Waals surface area (Å²) in [5.41, 5.74) is 0.854. The van der Waals surface area contributed by atoms with Gasteiger partial charge in [0, 0.05) is 22.0 Å². The van der Waals surface area contributed by atoms with Crippen LogP contribution in [-0.2, 0) is 6.42 Å². The highest BCUT2D eigenvalue weighted by Gasteiger charge is 2.30. The average Bonchev–Trinajstić information content (AvgIpc) is 2.42. The van der Waals surface area contributed by atoms with E-state index in [1.807, 2.05) is 0 Å². The highest BCUT2D eigenvalue weighted by molar-refractivity contribution is 6.30. The molecule has 0 radical (unpaired) electrons. The van der Waals surface area contributed by atoms with Crippen LogP contribution in [0.1, 0.15) is 38.2 Å². The van der Waals surface area contributed by atoms with Gasteiger partial charge in [0.05, 0.1) is 4.92 Å². The number of hydrogen-bond acceptors (Lipinski definition) is 2.